The quantitative estimate of drug-likeness (QED) is 0.206. The molecule has 0 amide bonds. The maximum atomic E-state index is 2.48. The molecule has 0 N–H and O–H groups in total. The normalized spacial score (nSPS) is 12.0. The molecule has 0 spiro atoms. The van der Waals surface area contributed by atoms with Crippen LogP contribution < -0.4 is 0 Å². The molecule has 0 aliphatic carbocycles. The lowest BCUT2D eigenvalue weighted by atomic mass is 9.96. The summed E-state index contributed by atoms with van der Waals surface area (Å²) in [4.78, 5) is 0. The molecule has 2 heterocycles. The molecular weight excluding hydrogens is 484 g/mol. The van der Waals surface area contributed by atoms with Crippen LogP contribution in [-0.2, 0) is 0 Å². The van der Waals surface area contributed by atoms with E-state index in [4.69, 9.17) is 0 Å². The van der Waals surface area contributed by atoms with Crippen LogP contribution in [0.3, 0.4) is 0 Å². The molecule has 9 aromatic rings. The Balaban J connectivity index is 1.59. The second-order valence-corrected chi connectivity index (χ2v) is 10.6. The van der Waals surface area contributed by atoms with E-state index in [1.165, 1.54) is 76.5 Å². The molecule has 0 aliphatic rings. The molecule has 2 nitrogen and oxygen atoms in total. The number of hydrogen-bond donors (Lipinski definition) is 0. The molecule has 0 atom stereocenters. The fourth-order valence-corrected chi connectivity index (χ4v) is 6.84. The van der Waals surface area contributed by atoms with Gasteiger partial charge in [0.25, 0.3) is 0 Å². The van der Waals surface area contributed by atoms with Gasteiger partial charge in [0.15, 0.2) is 0 Å². The Kier molecular flexibility index (Phi) is 4.36. The Morgan fingerprint density at radius 3 is 1.50 bits per heavy atom. The molecule has 0 saturated heterocycles. The van der Waals surface area contributed by atoms with Gasteiger partial charge < -0.3 is 9.13 Å². The zero-order chi connectivity index (χ0) is 26.2. The first-order valence-corrected chi connectivity index (χ1v) is 13.8. The van der Waals surface area contributed by atoms with Crippen molar-refractivity contribution in [2.75, 3.05) is 0 Å². The molecule has 2 heteroatoms. The van der Waals surface area contributed by atoms with Crippen LogP contribution in [0.15, 0.2) is 146 Å². The number of rotatable bonds is 2. The lowest BCUT2D eigenvalue weighted by Gasteiger charge is -2.12. The van der Waals surface area contributed by atoms with Gasteiger partial charge in [-0.3, -0.25) is 0 Å². The van der Waals surface area contributed by atoms with Crippen LogP contribution in [0.4, 0.5) is 0 Å². The van der Waals surface area contributed by atoms with Gasteiger partial charge >= 0.3 is 0 Å². The summed E-state index contributed by atoms with van der Waals surface area (Å²) in [6, 6.07) is 52.9. The Hall–Kier alpha value is -5.34. The number of para-hydroxylation sites is 3. The van der Waals surface area contributed by atoms with Crippen LogP contribution >= 0.6 is 0 Å². The highest BCUT2D eigenvalue weighted by atomic mass is 15.0. The molecule has 0 aliphatic heterocycles. The van der Waals surface area contributed by atoms with Crippen molar-refractivity contribution in [1.82, 2.24) is 9.13 Å². The van der Waals surface area contributed by atoms with Gasteiger partial charge in [-0.15, -0.1) is 0 Å². The van der Waals surface area contributed by atoms with Gasteiger partial charge in [-0.1, -0.05) is 103 Å². The van der Waals surface area contributed by atoms with E-state index in [2.05, 4.69) is 155 Å². The minimum Gasteiger partial charge on any atom is -0.309 e. The fourth-order valence-electron chi connectivity index (χ4n) is 6.84. The Bertz CT molecular complexity index is 2410. The molecule has 9 rings (SSSR count). The van der Waals surface area contributed by atoms with Gasteiger partial charge in [0.2, 0.25) is 0 Å². The van der Waals surface area contributed by atoms with Crippen molar-refractivity contribution < 1.29 is 0 Å². The van der Waals surface area contributed by atoms with Crippen molar-refractivity contribution in [1.29, 1.82) is 0 Å². The van der Waals surface area contributed by atoms with Gasteiger partial charge in [-0.2, -0.15) is 0 Å². The predicted octanol–water partition coefficient (Wildman–Crippen LogP) is 10.2. The Labute approximate surface area is 230 Å². The van der Waals surface area contributed by atoms with Crippen LogP contribution in [0.5, 0.6) is 0 Å². The van der Waals surface area contributed by atoms with Crippen LogP contribution in [0.25, 0.3) is 76.5 Å². The van der Waals surface area contributed by atoms with Crippen LogP contribution in [0.2, 0.25) is 0 Å². The Morgan fingerprint density at radius 2 is 0.800 bits per heavy atom. The summed E-state index contributed by atoms with van der Waals surface area (Å²) < 4.78 is 4.89. The summed E-state index contributed by atoms with van der Waals surface area (Å²) in [7, 11) is 0. The first kappa shape index (κ1) is 21.6. The SMILES string of the molecule is c1ccc(-n2c3ccccc3c3cc4c5c6ccccc6c6ccccc6c5n(-c5ccccc5)c4cc32)cc1. The van der Waals surface area contributed by atoms with E-state index in [-0.39, 0.29) is 0 Å². The smallest absolute Gasteiger partial charge is 0.0625 e. The van der Waals surface area contributed by atoms with Crippen molar-refractivity contribution in [2.24, 2.45) is 0 Å². The summed E-state index contributed by atoms with van der Waals surface area (Å²) in [6.07, 6.45) is 0. The average molecular weight is 509 g/mol. The molecule has 7 aromatic carbocycles. The van der Waals surface area contributed by atoms with Crippen molar-refractivity contribution in [3.63, 3.8) is 0 Å². The summed E-state index contributed by atoms with van der Waals surface area (Å²) in [6.45, 7) is 0. The minimum atomic E-state index is 1.17. The summed E-state index contributed by atoms with van der Waals surface area (Å²) in [5, 5.41) is 10.3. The number of aromatic nitrogens is 2. The first-order chi connectivity index (χ1) is 19.9. The van der Waals surface area contributed by atoms with Gasteiger partial charge in [-0.05, 0) is 58.6 Å². The van der Waals surface area contributed by atoms with Gasteiger partial charge in [0.1, 0.15) is 0 Å². The van der Waals surface area contributed by atoms with Crippen LogP contribution in [0, 0.1) is 0 Å². The zero-order valence-electron chi connectivity index (χ0n) is 21.8. The van der Waals surface area contributed by atoms with E-state index in [1.54, 1.807) is 0 Å². The lowest BCUT2D eigenvalue weighted by molar-refractivity contribution is 1.17. The third-order valence-electron chi connectivity index (χ3n) is 8.46. The fraction of sp³-hybridized carbons (Fsp3) is 0. The molecule has 0 radical (unpaired) electrons. The monoisotopic (exact) mass is 508 g/mol. The maximum Gasteiger partial charge on any atom is 0.0625 e. The van der Waals surface area contributed by atoms with Gasteiger partial charge in [0.05, 0.1) is 22.1 Å². The highest BCUT2D eigenvalue weighted by Crippen LogP contribution is 2.44. The third kappa shape index (κ3) is 2.82. The minimum absolute atomic E-state index is 1.17. The third-order valence-corrected chi connectivity index (χ3v) is 8.46. The number of hydrogen-bond acceptors (Lipinski definition) is 0. The molecule has 186 valence electrons. The molecule has 0 unspecified atom stereocenters. The van der Waals surface area contributed by atoms with E-state index >= 15 is 0 Å². The van der Waals surface area contributed by atoms with Gasteiger partial charge in [-0.25, -0.2) is 0 Å². The highest BCUT2D eigenvalue weighted by molar-refractivity contribution is 6.33. The highest BCUT2D eigenvalue weighted by Gasteiger charge is 2.21. The van der Waals surface area contributed by atoms with E-state index in [0.29, 0.717) is 0 Å². The van der Waals surface area contributed by atoms with E-state index in [9.17, 15) is 0 Å². The number of fused-ring (bicyclic) bond motifs is 11. The molecular formula is C38H24N2. The molecule has 0 bridgehead atoms. The summed E-state index contributed by atoms with van der Waals surface area (Å²) in [5.74, 6) is 0. The number of nitrogens with zero attached hydrogens (tertiary/aromatic N) is 2. The van der Waals surface area contributed by atoms with Crippen molar-refractivity contribution >= 4 is 65.2 Å². The summed E-state index contributed by atoms with van der Waals surface area (Å²) in [5.41, 5.74) is 7.26. The van der Waals surface area contributed by atoms with E-state index in [1.807, 2.05) is 0 Å². The van der Waals surface area contributed by atoms with Crippen molar-refractivity contribution in [3.8, 4) is 11.4 Å². The molecule has 0 fully saturated rings. The maximum absolute atomic E-state index is 2.48. The van der Waals surface area contributed by atoms with Crippen molar-refractivity contribution in [3.05, 3.63) is 146 Å². The topological polar surface area (TPSA) is 9.86 Å². The van der Waals surface area contributed by atoms with Crippen molar-refractivity contribution in [2.45, 2.75) is 0 Å². The largest absolute Gasteiger partial charge is 0.309 e. The van der Waals surface area contributed by atoms with Crippen LogP contribution in [0.1, 0.15) is 0 Å². The molecule has 40 heavy (non-hydrogen) atoms. The predicted molar refractivity (Wildman–Crippen MR) is 170 cm³/mol. The Morgan fingerprint density at radius 1 is 0.300 bits per heavy atom. The van der Waals surface area contributed by atoms with Gasteiger partial charge in [0, 0.05) is 38.3 Å². The van der Waals surface area contributed by atoms with E-state index < -0.39 is 0 Å². The average Bonchev–Trinajstić information content (AvgIpc) is 3.54. The first-order valence-electron chi connectivity index (χ1n) is 13.8. The zero-order valence-corrected chi connectivity index (χ0v) is 21.8. The summed E-state index contributed by atoms with van der Waals surface area (Å²) >= 11 is 0. The standard InChI is InChI=1S/C38H24N2/c1-3-13-25(14-4-1)39-34-22-12-11-19-29(34)32-23-33-36(24-35(32)39)40(26-15-5-2-6-16-26)38-31-21-10-8-18-28(31)27-17-7-9-20-30(27)37(33)38/h1-24H. The lowest BCUT2D eigenvalue weighted by Crippen LogP contribution is -1.96. The molecule has 0 saturated carbocycles. The molecule has 2 aromatic heterocycles. The van der Waals surface area contributed by atoms with E-state index in [0.717, 1.165) is 0 Å². The second kappa shape index (κ2) is 8.08. The second-order valence-electron chi connectivity index (χ2n) is 10.6. The van der Waals surface area contributed by atoms with Crippen LogP contribution in [-0.4, -0.2) is 9.13 Å². The number of benzene rings is 7.